The molecule has 0 aliphatic rings. The zero-order chi connectivity index (χ0) is 15.6. The monoisotopic (exact) mass is 414 g/mol. The lowest BCUT2D eigenvalue weighted by Gasteiger charge is -2.19. The first-order valence-electron chi connectivity index (χ1n) is 7.30. The fourth-order valence-electron chi connectivity index (χ4n) is 1.30. The average molecular weight is 414 g/mol. The van der Waals surface area contributed by atoms with Crippen LogP contribution in [0.1, 0.15) is 48.0 Å². The Labute approximate surface area is 145 Å². The fourth-order valence-corrected chi connectivity index (χ4v) is 1.30. The molecule has 0 aromatic carbocycles. The Morgan fingerprint density at radius 3 is 2.33 bits per heavy atom. The predicted molar refractivity (Wildman–Crippen MR) is 98.5 cm³/mol. The van der Waals surface area contributed by atoms with Crippen LogP contribution in [-0.2, 0) is 4.74 Å². The molecule has 0 spiro atoms. The number of carbonyl (C=O) groups is 1. The third-order valence-corrected chi connectivity index (χ3v) is 2.39. The molecule has 1 atom stereocenters. The molecule has 0 aliphatic heterocycles. The fraction of sp³-hybridized carbons (Fsp3) is 0.857. The number of halogens is 1. The van der Waals surface area contributed by atoms with Crippen molar-refractivity contribution in [3.63, 3.8) is 0 Å². The Balaban J connectivity index is 0. The van der Waals surface area contributed by atoms with Crippen molar-refractivity contribution >= 4 is 36.0 Å². The summed E-state index contributed by atoms with van der Waals surface area (Å²) in [6.07, 6.45) is 0.619. The summed E-state index contributed by atoms with van der Waals surface area (Å²) >= 11 is 0. The smallest absolute Gasteiger partial charge is 0.407 e. The molecule has 21 heavy (non-hydrogen) atoms. The molecule has 0 heterocycles. The number of alkyl carbamates (subject to hydrolysis) is 1. The summed E-state index contributed by atoms with van der Waals surface area (Å²) < 4.78 is 5.14. The minimum absolute atomic E-state index is 0. The summed E-state index contributed by atoms with van der Waals surface area (Å²) in [5.41, 5.74) is -0.472. The van der Waals surface area contributed by atoms with Gasteiger partial charge in [0.1, 0.15) is 5.60 Å². The van der Waals surface area contributed by atoms with Gasteiger partial charge in [-0.05, 0) is 41.0 Å². The Kier molecular flexibility index (Phi) is 12.8. The largest absolute Gasteiger partial charge is 0.444 e. The highest BCUT2D eigenvalue weighted by atomic mass is 127. The van der Waals surface area contributed by atoms with Crippen LogP contribution in [0.4, 0.5) is 4.79 Å². The second kappa shape index (κ2) is 11.9. The third-order valence-electron chi connectivity index (χ3n) is 2.39. The summed E-state index contributed by atoms with van der Waals surface area (Å²) in [7, 11) is 0. The molecule has 6 nitrogen and oxygen atoms in total. The van der Waals surface area contributed by atoms with Crippen molar-refractivity contribution in [2.24, 2.45) is 4.99 Å². The van der Waals surface area contributed by atoms with E-state index in [4.69, 9.17) is 4.74 Å². The summed E-state index contributed by atoms with van der Waals surface area (Å²) in [5.74, 6) is 0.771. The maximum absolute atomic E-state index is 11.4. The highest BCUT2D eigenvalue weighted by Crippen LogP contribution is 2.05. The molecule has 0 fully saturated rings. The van der Waals surface area contributed by atoms with E-state index in [1.165, 1.54) is 0 Å². The molecule has 0 aromatic heterocycles. The van der Waals surface area contributed by atoms with E-state index in [-0.39, 0.29) is 24.0 Å². The van der Waals surface area contributed by atoms with Gasteiger partial charge in [-0.2, -0.15) is 0 Å². The van der Waals surface area contributed by atoms with Crippen LogP contribution in [0.5, 0.6) is 0 Å². The first-order chi connectivity index (χ1) is 9.28. The normalized spacial score (nSPS) is 13.0. The number of hydrogen-bond donors (Lipinski definition) is 3. The van der Waals surface area contributed by atoms with Crippen molar-refractivity contribution in [2.75, 3.05) is 19.6 Å². The van der Waals surface area contributed by atoms with Gasteiger partial charge in [0.2, 0.25) is 0 Å². The van der Waals surface area contributed by atoms with Crippen molar-refractivity contribution in [2.45, 2.75) is 59.6 Å². The van der Waals surface area contributed by atoms with E-state index in [0.717, 1.165) is 18.9 Å². The maximum Gasteiger partial charge on any atom is 0.407 e. The molecule has 1 unspecified atom stereocenters. The zero-order valence-electron chi connectivity index (χ0n) is 14.1. The first-order valence-corrected chi connectivity index (χ1v) is 7.30. The van der Waals surface area contributed by atoms with Crippen molar-refractivity contribution in [1.82, 2.24) is 16.0 Å². The zero-order valence-corrected chi connectivity index (χ0v) is 16.4. The number of amides is 1. The first kappa shape index (κ1) is 22.5. The molecular formula is C14H31IN4O2. The van der Waals surface area contributed by atoms with Gasteiger partial charge in [0.25, 0.3) is 0 Å². The summed E-state index contributed by atoms with van der Waals surface area (Å²) in [6.45, 7) is 13.5. The van der Waals surface area contributed by atoms with Crippen molar-refractivity contribution in [1.29, 1.82) is 0 Å². The Hall–Kier alpha value is -0.730. The second-order valence-corrected chi connectivity index (χ2v) is 5.64. The molecule has 0 saturated heterocycles. The summed E-state index contributed by atoms with van der Waals surface area (Å²) in [4.78, 5) is 15.8. The van der Waals surface area contributed by atoms with E-state index in [0.29, 0.717) is 19.1 Å². The maximum atomic E-state index is 11.4. The van der Waals surface area contributed by atoms with Crippen LogP contribution in [0.2, 0.25) is 0 Å². The second-order valence-electron chi connectivity index (χ2n) is 5.64. The summed E-state index contributed by atoms with van der Waals surface area (Å²) in [6, 6.07) is 0.367. The Morgan fingerprint density at radius 2 is 1.86 bits per heavy atom. The standard InChI is InChI=1S/C14H30N4O2.HI/c1-7-11(3)18-12(15-8-2)16-9-10-17-13(19)20-14(4,5)6;/h11H,7-10H2,1-6H3,(H,17,19)(H2,15,16,18);1H. The van der Waals surface area contributed by atoms with E-state index in [1.54, 1.807) is 0 Å². The Morgan fingerprint density at radius 1 is 1.24 bits per heavy atom. The van der Waals surface area contributed by atoms with Gasteiger partial charge in [0.05, 0.1) is 6.54 Å². The molecule has 126 valence electrons. The van der Waals surface area contributed by atoms with Crippen LogP contribution in [0.3, 0.4) is 0 Å². The van der Waals surface area contributed by atoms with Gasteiger partial charge >= 0.3 is 6.09 Å². The van der Waals surface area contributed by atoms with Crippen LogP contribution in [0.15, 0.2) is 4.99 Å². The van der Waals surface area contributed by atoms with E-state index in [1.807, 2.05) is 27.7 Å². The van der Waals surface area contributed by atoms with Crippen LogP contribution in [0.25, 0.3) is 0 Å². The lowest BCUT2D eigenvalue weighted by molar-refractivity contribution is 0.0529. The quantitative estimate of drug-likeness (QED) is 0.270. The minimum Gasteiger partial charge on any atom is -0.444 e. The number of guanidine groups is 1. The lowest BCUT2D eigenvalue weighted by Crippen LogP contribution is -2.42. The van der Waals surface area contributed by atoms with E-state index < -0.39 is 11.7 Å². The number of nitrogens with zero attached hydrogens (tertiary/aromatic N) is 1. The number of hydrogen-bond acceptors (Lipinski definition) is 3. The van der Waals surface area contributed by atoms with Crippen molar-refractivity contribution in [3.8, 4) is 0 Å². The molecular weight excluding hydrogens is 383 g/mol. The molecule has 0 aliphatic carbocycles. The van der Waals surface area contributed by atoms with Gasteiger partial charge in [-0.25, -0.2) is 4.79 Å². The molecule has 1 amide bonds. The molecule has 0 radical (unpaired) electrons. The van der Waals surface area contributed by atoms with Crippen LogP contribution < -0.4 is 16.0 Å². The highest BCUT2D eigenvalue weighted by Gasteiger charge is 2.15. The van der Waals surface area contributed by atoms with E-state index in [2.05, 4.69) is 34.8 Å². The van der Waals surface area contributed by atoms with Gasteiger partial charge < -0.3 is 20.7 Å². The summed E-state index contributed by atoms with van der Waals surface area (Å²) in [5, 5.41) is 9.14. The average Bonchev–Trinajstić information content (AvgIpc) is 2.32. The van der Waals surface area contributed by atoms with Crippen LogP contribution in [0, 0.1) is 0 Å². The van der Waals surface area contributed by atoms with Gasteiger partial charge in [-0.1, -0.05) is 6.92 Å². The van der Waals surface area contributed by atoms with Gasteiger partial charge in [-0.15, -0.1) is 24.0 Å². The van der Waals surface area contributed by atoms with Gasteiger partial charge in [-0.3, -0.25) is 4.99 Å². The Bertz CT molecular complexity index is 317. The van der Waals surface area contributed by atoms with Crippen LogP contribution in [-0.4, -0.2) is 43.3 Å². The van der Waals surface area contributed by atoms with E-state index >= 15 is 0 Å². The number of carbonyl (C=O) groups excluding carboxylic acids is 1. The molecule has 7 heteroatoms. The lowest BCUT2D eigenvalue weighted by atomic mass is 10.2. The van der Waals surface area contributed by atoms with E-state index in [9.17, 15) is 4.79 Å². The van der Waals surface area contributed by atoms with Gasteiger partial charge in [0.15, 0.2) is 5.96 Å². The number of ether oxygens (including phenoxy) is 1. The van der Waals surface area contributed by atoms with Crippen LogP contribution >= 0.6 is 24.0 Å². The minimum atomic E-state index is -0.472. The number of nitrogens with one attached hydrogen (secondary N) is 3. The van der Waals surface area contributed by atoms with Crippen molar-refractivity contribution in [3.05, 3.63) is 0 Å². The molecule has 3 N–H and O–H groups in total. The number of aliphatic imine (C=N–C) groups is 1. The predicted octanol–water partition coefficient (Wildman–Crippen LogP) is 2.48. The molecule has 0 saturated carbocycles. The van der Waals surface area contributed by atoms with Gasteiger partial charge in [0, 0.05) is 19.1 Å². The third kappa shape index (κ3) is 14.0. The SMILES string of the molecule is CCNC(=NCCNC(=O)OC(C)(C)C)NC(C)CC.I. The topological polar surface area (TPSA) is 74.8 Å². The molecule has 0 rings (SSSR count). The highest BCUT2D eigenvalue weighted by molar-refractivity contribution is 14.0. The number of rotatable bonds is 6. The molecule has 0 aromatic rings. The van der Waals surface area contributed by atoms with Crippen molar-refractivity contribution < 1.29 is 9.53 Å². The molecule has 0 bridgehead atoms.